The first kappa shape index (κ1) is 24.6. The lowest BCUT2D eigenvalue weighted by Gasteiger charge is -2.34. The summed E-state index contributed by atoms with van der Waals surface area (Å²) in [6.45, 7) is 4.33. The zero-order chi connectivity index (χ0) is 28.3. The predicted octanol–water partition coefficient (Wildman–Crippen LogP) is 10.6. The SMILES string of the molecule is Cc1ccc(C2(c3ccc(C)cc3)c3ccccc3-c3c2ccc2c3C=Cc3ccccc3N2c2ccccc2)cc1. The molecule has 1 heteroatoms. The molecule has 200 valence electrons. The zero-order valence-electron chi connectivity index (χ0n) is 23.9. The van der Waals surface area contributed by atoms with Gasteiger partial charge in [0.15, 0.2) is 0 Å². The van der Waals surface area contributed by atoms with Crippen molar-refractivity contribution in [2.45, 2.75) is 19.3 Å². The number of hydrogen-bond donors (Lipinski definition) is 0. The van der Waals surface area contributed by atoms with Crippen LogP contribution in [0.5, 0.6) is 0 Å². The summed E-state index contributed by atoms with van der Waals surface area (Å²) in [7, 11) is 0. The molecule has 1 nitrogen and oxygen atoms in total. The number of benzene rings is 6. The van der Waals surface area contributed by atoms with E-state index in [0.717, 1.165) is 5.69 Å². The Morgan fingerprint density at radius 2 is 1.10 bits per heavy atom. The van der Waals surface area contributed by atoms with Gasteiger partial charge in [-0.2, -0.15) is 0 Å². The van der Waals surface area contributed by atoms with Crippen molar-refractivity contribution in [1.29, 1.82) is 0 Å². The van der Waals surface area contributed by atoms with E-state index in [0.29, 0.717) is 0 Å². The van der Waals surface area contributed by atoms with Crippen LogP contribution in [0.15, 0.2) is 140 Å². The molecule has 6 aromatic carbocycles. The fourth-order valence-corrected chi connectivity index (χ4v) is 7.13. The van der Waals surface area contributed by atoms with Gasteiger partial charge in [0.2, 0.25) is 0 Å². The molecule has 1 aliphatic heterocycles. The summed E-state index contributed by atoms with van der Waals surface area (Å²) in [5, 5.41) is 0. The summed E-state index contributed by atoms with van der Waals surface area (Å²) in [5.41, 5.74) is 16.0. The van der Waals surface area contributed by atoms with E-state index in [1.54, 1.807) is 0 Å². The molecule has 8 rings (SSSR count). The van der Waals surface area contributed by atoms with Crippen LogP contribution in [0.25, 0.3) is 23.3 Å². The minimum absolute atomic E-state index is 0.424. The Hall–Kier alpha value is -5.14. The van der Waals surface area contributed by atoms with Gasteiger partial charge >= 0.3 is 0 Å². The van der Waals surface area contributed by atoms with E-state index in [4.69, 9.17) is 0 Å². The monoisotopic (exact) mass is 537 g/mol. The van der Waals surface area contributed by atoms with E-state index in [2.05, 4.69) is 170 Å². The van der Waals surface area contributed by atoms with Crippen LogP contribution in [0, 0.1) is 13.8 Å². The second-order valence-corrected chi connectivity index (χ2v) is 11.5. The standard InChI is InChI=1S/C41H31N/c1-28-16-21-31(22-17-28)41(32-23-18-29(2)19-24-32)36-14-8-7-13-34(36)40-35-25-20-30-10-6-9-15-38(30)42(33-11-4-3-5-12-33)39(35)27-26-37(40)41/h3-27H,1-2H3. The Balaban J connectivity index is 1.50. The quantitative estimate of drug-likeness (QED) is 0.217. The van der Waals surface area contributed by atoms with Gasteiger partial charge in [0, 0.05) is 11.3 Å². The van der Waals surface area contributed by atoms with E-state index in [-0.39, 0.29) is 0 Å². The fourth-order valence-electron chi connectivity index (χ4n) is 7.13. The van der Waals surface area contributed by atoms with Crippen molar-refractivity contribution in [2.75, 3.05) is 4.90 Å². The molecule has 0 amide bonds. The summed E-state index contributed by atoms with van der Waals surface area (Å²) >= 11 is 0. The predicted molar refractivity (Wildman–Crippen MR) is 177 cm³/mol. The van der Waals surface area contributed by atoms with E-state index < -0.39 is 5.41 Å². The largest absolute Gasteiger partial charge is 0.309 e. The normalized spacial score (nSPS) is 14.0. The molecule has 0 saturated heterocycles. The van der Waals surface area contributed by atoms with Crippen LogP contribution in [0.4, 0.5) is 17.1 Å². The first-order valence-corrected chi connectivity index (χ1v) is 14.7. The Morgan fingerprint density at radius 3 is 1.81 bits per heavy atom. The molecule has 0 unspecified atom stereocenters. The highest BCUT2D eigenvalue weighted by Crippen LogP contribution is 2.59. The average Bonchev–Trinajstić information content (AvgIpc) is 3.22. The molecule has 0 fully saturated rings. The summed E-state index contributed by atoms with van der Waals surface area (Å²) in [5.74, 6) is 0. The number of fused-ring (bicyclic) bond motifs is 6. The topological polar surface area (TPSA) is 3.24 Å². The van der Waals surface area contributed by atoms with Gasteiger partial charge in [-0.25, -0.2) is 0 Å². The molecule has 1 aliphatic carbocycles. The van der Waals surface area contributed by atoms with Crippen molar-refractivity contribution in [3.8, 4) is 11.1 Å². The smallest absolute Gasteiger partial charge is 0.0713 e. The Labute approximate surface area is 248 Å². The highest BCUT2D eigenvalue weighted by atomic mass is 15.1. The van der Waals surface area contributed by atoms with Crippen molar-refractivity contribution < 1.29 is 0 Å². The molecule has 0 bridgehead atoms. The van der Waals surface area contributed by atoms with Crippen molar-refractivity contribution >= 4 is 29.2 Å². The number of para-hydroxylation sites is 2. The first-order valence-electron chi connectivity index (χ1n) is 14.7. The number of rotatable bonds is 3. The lowest BCUT2D eigenvalue weighted by molar-refractivity contribution is 0.767. The number of aryl methyl sites for hydroxylation is 2. The van der Waals surface area contributed by atoms with Crippen molar-refractivity contribution in [1.82, 2.24) is 0 Å². The maximum absolute atomic E-state index is 2.42. The van der Waals surface area contributed by atoms with Crippen molar-refractivity contribution in [3.63, 3.8) is 0 Å². The van der Waals surface area contributed by atoms with Gasteiger partial charge in [-0.3, -0.25) is 0 Å². The van der Waals surface area contributed by atoms with Crippen LogP contribution in [-0.2, 0) is 5.41 Å². The van der Waals surface area contributed by atoms with Crippen molar-refractivity contribution in [3.05, 3.63) is 184 Å². The maximum atomic E-state index is 2.42. The highest BCUT2D eigenvalue weighted by molar-refractivity contribution is 6.01. The zero-order valence-corrected chi connectivity index (χ0v) is 23.9. The fraction of sp³-hybridized carbons (Fsp3) is 0.0732. The maximum Gasteiger partial charge on any atom is 0.0713 e. The van der Waals surface area contributed by atoms with E-state index >= 15 is 0 Å². The number of nitrogens with zero attached hydrogens (tertiary/aromatic N) is 1. The number of hydrogen-bond acceptors (Lipinski definition) is 1. The number of anilines is 3. The van der Waals surface area contributed by atoms with Gasteiger partial charge in [0.25, 0.3) is 0 Å². The van der Waals surface area contributed by atoms with Crippen LogP contribution in [-0.4, -0.2) is 0 Å². The van der Waals surface area contributed by atoms with Crippen LogP contribution in [0.1, 0.15) is 44.5 Å². The van der Waals surface area contributed by atoms with Crippen LogP contribution in [0.3, 0.4) is 0 Å². The molecular formula is C41H31N. The van der Waals surface area contributed by atoms with Gasteiger partial charge in [-0.05, 0) is 77.1 Å². The van der Waals surface area contributed by atoms with Gasteiger partial charge < -0.3 is 4.90 Å². The van der Waals surface area contributed by atoms with Crippen LogP contribution >= 0.6 is 0 Å². The van der Waals surface area contributed by atoms with E-state index in [1.807, 2.05) is 0 Å². The van der Waals surface area contributed by atoms with E-state index in [1.165, 1.54) is 67.0 Å². The molecule has 0 aromatic heterocycles. The molecule has 42 heavy (non-hydrogen) atoms. The second-order valence-electron chi connectivity index (χ2n) is 11.5. The molecule has 0 atom stereocenters. The lowest BCUT2D eigenvalue weighted by Crippen LogP contribution is -2.28. The summed E-state index contributed by atoms with van der Waals surface area (Å²) < 4.78 is 0. The Morgan fingerprint density at radius 1 is 0.476 bits per heavy atom. The Kier molecular flexibility index (Phi) is 5.55. The second kappa shape index (κ2) is 9.46. The summed E-state index contributed by atoms with van der Waals surface area (Å²) in [6, 6.07) is 51.5. The Bertz CT molecular complexity index is 1930. The molecule has 0 N–H and O–H groups in total. The van der Waals surface area contributed by atoms with Crippen LogP contribution < -0.4 is 4.90 Å². The molecule has 0 radical (unpaired) electrons. The van der Waals surface area contributed by atoms with Crippen molar-refractivity contribution in [2.24, 2.45) is 0 Å². The van der Waals surface area contributed by atoms with Gasteiger partial charge in [0.1, 0.15) is 0 Å². The molecule has 0 spiro atoms. The third kappa shape index (κ3) is 3.50. The third-order valence-electron chi connectivity index (χ3n) is 9.06. The summed E-state index contributed by atoms with van der Waals surface area (Å²) in [4.78, 5) is 2.42. The molecule has 2 aliphatic rings. The molecule has 0 saturated carbocycles. The van der Waals surface area contributed by atoms with E-state index in [9.17, 15) is 0 Å². The highest BCUT2D eigenvalue weighted by Gasteiger charge is 2.47. The summed E-state index contributed by atoms with van der Waals surface area (Å²) in [6.07, 6.45) is 4.63. The molecular weight excluding hydrogens is 506 g/mol. The van der Waals surface area contributed by atoms with Gasteiger partial charge in [0.05, 0.1) is 16.8 Å². The first-order chi connectivity index (χ1) is 20.7. The average molecular weight is 538 g/mol. The minimum atomic E-state index is -0.424. The lowest BCUT2D eigenvalue weighted by atomic mass is 9.67. The van der Waals surface area contributed by atoms with Gasteiger partial charge in [-0.1, -0.05) is 139 Å². The van der Waals surface area contributed by atoms with Crippen LogP contribution in [0.2, 0.25) is 0 Å². The third-order valence-corrected chi connectivity index (χ3v) is 9.06. The van der Waals surface area contributed by atoms with Gasteiger partial charge in [-0.15, -0.1) is 0 Å². The molecule has 1 heterocycles. The minimum Gasteiger partial charge on any atom is -0.309 e. The molecule has 6 aromatic rings.